The SMILES string of the molecule is S=C(Nc1ccccc1)OCc1ccccn1. The first-order valence-corrected chi connectivity index (χ1v) is 5.64. The Hall–Kier alpha value is -1.94. The second-order valence-corrected chi connectivity index (χ2v) is 3.76. The molecule has 0 aliphatic heterocycles. The second kappa shape index (κ2) is 5.96. The number of benzene rings is 1. The highest BCUT2D eigenvalue weighted by Crippen LogP contribution is 2.06. The summed E-state index contributed by atoms with van der Waals surface area (Å²) >= 11 is 5.07. The van der Waals surface area contributed by atoms with E-state index in [9.17, 15) is 0 Å². The molecule has 0 amide bonds. The maximum absolute atomic E-state index is 5.39. The topological polar surface area (TPSA) is 34.1 Å². The lowest BCUT2D eigenvalue weighted by molar-refractivity contribution is 0.295. The van der Waals surface area contributed by atoms with Crippen LogP contribution in [0.25, 0.3) is 0 Å². The fourth-order valence-electron chi connectivity index (χ4n) is 1.30. The van der Waals surface area contributed by atoms with E-state index in [1.807, 2.05) is 48.5 Å². The summed E-state index contributed by atoms with van der Waals surface area (Å²) in [5.41, 5.74) is 1.77. The lowest BCUT2D eigenvalue weighted by Gasteiger charge is -2.09. The molecule has 1 heterocycles. The molecule has 4 heteroatoms. The molecule has 86 valence electrons. The van der Waals surface area contributed by atoms with Crippen LogP contribution in [0, 0.1) is 0 Å². The van der Waals surface area contributed by atoms with Crippen LogP contribution in [-0.2, 0) is 11.3 Å². The molecule has 2 rings (SSSR count). The van der Waals surface area contributed by atoms with Crippen molar-refractivity contribution in [1.82, 2.24) is 4.98 Å². The number of nitrogens with zero attached hydrogens (tertiary/aromatic N) is 1. The summed E-state index contributed by atoms with van der Waals surface area (Å²) in [6, 6.07) is 15.3. The Labute approximate surface area is 105 Å². The monoisotopic (exact) mass is 244 g/mol. The van der Waals surface area contributed by atoms with Crippen LogP contribution in [0.4, 0.5) is 5.69 Å². The minimum atomic E-state index is 0.349. The van der Waals surface area contributed by atoms with Gasteiger partial charge < -0.3 is 10.1 Å². The lowest BCUT2D eigenvalue weighted by Crippen LogP contribution is -2.13. The first-order chi connectivity index (χ1) is 8.34. The summed E-state index contributed by atoms with van der Waals surface area (Å²) in [5, 5.41) is 3.34. The van der Waals surface area contributed by atoms with Gasteiger partial charge in [0, 0.05) is 11.9 Å². The molecule has 0 fully saturated rings. The van der Waals surface area contributed by atoms with Crippen molar-refractivity contribution in [2.75, 3.05) is 5.32 Å². The molecule has 0 atom stereocenters. The van der Waals surface area contributed by atoms with Crippen molar-refractivity contribution in [1.29, 1.82) is 0 Å². The number of hydrogen-bond donors (Lipinski definition) is 1. The van der Waals surface area contributed by atoms with E-state index in [4.69, 9.17) is 17.0 Å². The molecule has 0 aliphatic carbocycles. The number of rotatable bonds is 3. The Balaban J connectivity index is 1.83. The molecule has 1 aromatic heterocycles. The van der Waals surface area contributed by atoms with Crippen LogP contribution in [0.15, 0.2) is 54.7 Å². The van der Waals surface area contributed by atoms with Crippen LogP contribution in [0.3, 0.4) is 0 Å². The van der Waals surface area contributed by atoms with Crippen molar-refractivity contribution >= 4 is 23.1 Å². The Morgan fingerprint density at radius 2 is 1.88 bits per heavy atom. The van der Waals surface area contributed by atoms with Crippen molar-refractivity contribution in [2.45, 2.75) is 6.61 Å². The molecular weight excluding hydrogens is 232 g/mol. The van der Waals surface area contributed by atoms with Gasteiger partial charge in [-0.15, -0.1) is 0 Å². The van der Waals surface area contributed by atoms with Gasteiger partial charge in [0.1, 0.15) is 6.61 Å². The number of nitrogens with one attached hydrogen (secondary N) is 1. The highest BCUT2D eigenvalue weighted by atomic mass is 32.1. The van der Waals surface area contributed by atoms with Crippen LogP contribution < -0.4 is 5.32 Å². The molecule has 0 spiro atoms. The van der Waals surface area contributed by atoms with Gasteiger partial charge in [-0.3, -0.25) is 4.98 Å². The number of aromatic nitrogens is 1. The van der Waals surface area contributed by atoms with Gasteiger partial charge in [0.15, 0.2) is 0 Å². The fourth-order valence-corrected chi connectivity index (χ4v) is 1.48. The molecule has 1 aromatic carbocycles. The predicted octanol–water partition coefficient (Wildman–Crippen LogP) is 3.00. The third-order valence-electron chi connectivity index (χ3n) is 2.10. The number of anilines is 1. The molecule has 1 N–H and O–H groups in total. The summed E-state index contributed by atoms with van der Waals surface area (Å²) in [4.78, 5) is 4.15. The van der Waals surface area contributed by atoms with Crippen LogP contribution in [0.5, 0.6) is 0 Å². The van der Waals surface area contributed by atoms with Crippen LogP contribution in [0.2, 0.25) is 0 Å². The quantitative estimate of drug-likeness (QED) is 0.842. The summed E-state index contributed by atoms with van der Waals surface area (Å²) in [7, 11) is 0. The standard InChI is InChI=1S/C13H12N2OS/c17-13(15-11-6-2-1-3-7-11)16-10-12-8-4-5-9-14-12/h1-9H,10H2,(H,15,17). The van der Waals surface area contributed by atoms with Crippen molar-refractivity contribution in [3.63, 3.8) is 0 Å². The zero-order valence-corrected chi connectivity index (χ0v) is 9.98. The average molecular weight is 244 g/mol. The van der Waals surface area contributed by atoms with Crippen molar-refractivity contribution in [3.8, 4) is 0 Å². The number of hydrogen-bond acceptors (Lipinski definition) is 3. The van der Waals surface area contributed by atoms with E-state index >= 15 is 0 Å². The van der Waals surface area contributed by atoms with Gasteiger partial charge in [-0.05, 0) is 36.5 Å². The van der Waals surface area contributed by atoms with Crippen molar-refractivity contribution in [2.24, 2.45) is 0 Å². The zero-order valence-electron chi connectivity index (χ0n) is 9.17. The zero-order chi connectivity index (χ0) is 11.9. The highest BCUT2D eigenvalue weighted by molar-refractivity contribution is 7.80. The van der Waals surface area contributed by atoms with Gasteiger partial charge in [-0.25, -0.2) is 0 Å². The van der Waals surface area contributed by atoms with Gasteiger partial charge in [0.2, 0.25) is 0 Å². The highest BCUT2D eigenvalue weighted by Gasteiger charge is 1.99. The minimum absolute atomic E-state index is 0.349. The van der Waals surface area contributed by atoms with E-state index in [0.717, 1.165) is 11.4 Å². The summed E-state index contributed by atoms with van der Waals surface area (Å²) in [5.74, 6) is 0. The first kappa shape index (κ1) is 11.5. The lowest BCUT2D eigenvalue weighted by atomic mass is 10.3. The smallest absolute Gasteiger partial charge is 0.261 e. The maximum atomic E-state index is 5.39. The van der Waals surface area contributed by atoms with Crippen LogP contribution in [-0.4, -0.2) is 10.2 Å². The average Bonchev–Trinajstić information content (AvgIpc) is 2.39. The van der Waals surface area contributed by atoms with Crippen LogP contribution in [0.1, 0.15) is 5.69 Å². The largest absolute Gasteiger partial charge is 0.464 e. The van der Waals surface area contributed by atoms with E-state index < -0.39 is 0 Å². The van der Waals surface area contributed by atoms with E-state index in [0.29, 0.717) is 11.8 Å². The van der Waals surface area contributed by atoms with Crippen molar-refractivity contribution in [3.05, 3.63) is 60.4 Å². The Bertz CT molecular complexity index is 473. The van der Waals surface area contributed by atoms with Gasteiger partial charge in [-0.2, -0.15) is 0 Å². The molecule has 0 aliphatic rings. The van der Waals surface area contributed by atoms with E-state index in [1.54, 1.807) is 6.20 Å². The molecule has 17 heavy (non-hydrogen) atoms. The molecule has 0 radical (unpaired) electrons. The molecule has 0 saturated heterocycles. The summed E-state index contributed by atoms with van der Waals surface area (Å²) in [6.07, 6.45) is 1.73. The Morgan fingerprint density at radius 3 is 2.59 bits per heavy atom. The molecule has 0 bridgehead atoms. The van der Waals surface area contributed by atoms with Gasteiger partial charge in [0.05, 0.1) is 5.69 Å². The number of pyridine rings is 1. The van der Waals surface area contributed by atoms with E-state index in [-0.39, 0.29) is 0 Å². The summed E-state index contributed by atoms with van der Waals surface area (Å²) < 4.78 is 5.39. The number of thiocarbonyl (C=S) groups is 1. The molecule has 2 aromatic rings. The fraction of sp³-hybridized carbons (Fsp3) is 0.0769. The van der Waals surface area contributed by atoms with E-state index in [2.05, 4.69) is 10.3 Å². The first-order valence-electron chi connectivity index (χ1n) is 5.23. The number of para-hydroxylation sites is 1. The normalized spacial score (nSPS) is 9.65. The number of ether oxygens (including phenoxy) is 1. The van der Waals surface area contributed by atoms with Gasteiger partial charge >= 0.3 is 0 Å². The molecule has 0 saturated carbocycles. The van der Waals surface area contributed by atoms with Gasteiger partial charge in [-0.1, -0.05) is 24.3 Å². The molecular formula is C13H12N2OS. The van der Waals surface area contributed by atoms with Gasteiger partial charge in [0.25, 0.3) is 5.17 Å². The maximum Gasteiger partial charge on any atom is 0.261 e. The Morgan fingerprint density at radius 1 is 1.12 bits per heavy atom. The summed E-state index contributed by atoms with van der Waals surface area (Å²) in [6.45, 7) is 0.375. The van der Waals surface area contributed by atoms with Crippen LogP contribution >= 0.6 is 12.2 Å². The molecule has 3 nitrogen and oxygen atoms in total. The third kappa shape index (κ3) is 3.85. The third-order valence-corrected chi connectivity index (χ3v) is 2.32. The Kier molecular flexibility index (Phi) is 4.05. The minimum Gasteiger partial charge on any atom is -0.464 e. The predicted molar refractivity (Wildman–Crippen MR) is 71.7 cm³/mol. The van der Waals surface area contributed by atoms with Crippen molar-refractivity contribution < 1.29 is 4.74 Å². The second-order valence-electron chi connectivity index (χ2n) is 3.39. The van der Waals surface area contributed by atoms with E-state index in [1.165, 1.54) is 0 Å². The molecule has 0 unspecified atom stereocenters.